The van der Waals surface area contributed by atoms with Crippen LogP contribution in [0.3, 0.4) is 0 Å². The van der Waals surface area contributed by atoms with E-state index in [2.05, 4.69) is 5.32 Å². The van der Waals surface area contributed by atoms with Gasteiger partial charge in [-0.2, -0.15) is 0 Å². The number of amides is 2. The molecule has 2 amide bonds. The van der Waals surface area contributed by atoms with Gasteiger partial charge in [0.05, 0.1) is 24.8 Å². The molecule has 0 unspecified atom stereocenters. The molecule has 3 aromatic rings. The Morgan fingerprint density at radius 3 is 2.18 bits per heavy atom. The monoisotopic (exact) mass is 621 g/mol. The SMILES string of the molecule is CC[C@H](C(=O)NC1CCCCC1)N(Cc1ccc(C)cc1)C(=O)CN(c1ccccc1)S(=O)(=O)c1ccc(OC)c(OC)c1. The van der Waals surface area contributed by atoms with Gasteiger partial charge in [-0.1, -0.05) is 74.2 Å². The van der Waals surface area contributed by atoms with Crippen molar-refractivity contribution < 1.29 is 27.5 Å². The van der Waals surface area contributed by atoms with E-state index in [1.807, 2.05) is 38.1 Å². The molecule has 1 saturated carbocycles. The third-order valence-electron chi connectivity index (χ3n) is 8.08. The number of ether oxygens (including phenoxy) is 2. The summed E-state index contributed by atoms with van der Waals surface area (Å²) in [6.45, 7) is 3.51. The second-order valence-corrected chi connectivity index (χ2v) is 13.0. The van der Waals surface area contributed by atoms with Crippen molar-refractivity contribution in [1.29, 1.82) is 0 Å². The summed E-state index contributed by atoms with van der Waals surface area (Å²) in [6, 6.07) is 19.9. The Labute approximate surface area is 261 Å². The number of nitrogens with one attached hydrogen (secondary N) is 1. The summed E-state index contributed by atoms with van der Waals surface area (Å²) < 4.78 is 40.1. The number of rotatable bonds is 13. The molecule has 0 aliphatic heterocycles. The van der Waals surface area contributed by atoms with Crippen LogP contribution in [0.2, 0.25) is 0 Å². The van der Waals surface area contributed by atoms with E-state index in [-0.39, 0.29) is 29.1 Å². The van der Waals surface area contributed by atoms with E-state index < -0.39 is 28.5 Å². The lowest BCUT2D eigenvalue weighted by atomic mass is 9.95. The number of anilines is 1. The summed E-state index contributed by atoms with van der Waals surface area (Å²) in [7, 11) is -1.34. The quantitative estimate of drug-likeness (QED) is 0.272. The lowest BCUT2D eigenvalue weighted by Gasteiger charge is -2.34. The Hall–Kier alpha value is -4.05. The minimum Gasteiger partial charge on any atom is -0.493 e. The molecule has 9 nitrogen and oxygen atoms in total. The molecular weight excluding hydrogens is 578 g/mol. The average molecular weight is 622 g/mol. The van der Waals surface area contributed by atoms with Crippen LogP contribution < -0.4 is 19.1 Å². The van der Waals surface area contributed by atoms with Crippen molar-refractivity contribution in [3.63, 3.8) is 0 Å². The fourth-order valence-electron chi connectivity index (χ4n) is 5.58. The van der Waals surface area contributed by atoms with Crippen molar-refractivity contribution in [2.45, 2.75) is 75.9 Å². The van der Waals surface area contributed by atoms with Crippen LogP contribution in [-0.4, -0.2) is 58.0 Å². The normalized spacial score (nSPS) is 14.4. The number of benzene rings is 3. The van der Waals surface area contributed by atoms with E-state index in [1.165, 1.54) is 37.3 Å². The molecular formula is C34H43N3O6S. The number of sulfonamides is 1. The van der Waals surface area contributed by atoms with Crippen molar-refractivity contribution in [1.82, 2.24) is 10.2 Å². The molecule has 236 valence electrons. The molecule has 0 radical (unpaired) electrons. The number of hydrogen-bond acceptors (Lipinski definition) is 6. The number of carbonyl (C=O) groups is 2. The summed E-state index contributed by atoms with van der Waals surface area (Å²) in [5.74, 6) is -0.0647. The van der Waals surface area contributed by atoms with Crippen molar-refractivity contribution in [2.75, 3.05) is 25.1 Å². The van der Waals surface area contributed by atoms with Gasteiger partial charge in [0.1, 0.15) is 12.6 Å². The summed E-state index contributed by atoms with van der Waals surface area (Å²) in [6.07, 6.45) is 5.50. The van der Waals surface area contributed by atoms with E-state index in [1.54, 1.807) is 30.3 Å². The minimum atomic E-state index is -4.24. The highest BCUT2D eigenvalue weighted by Gasteiger charge is 2.34. The Bertz CT molecular complexity index is 1510. The molecule has 0 bridgehead atoms. The lowest BCUT2D eigenvalue weighted by Crippen LogP contribution is -2.54. The standard InChI is InChI=1S/C34H43N3O6S/c1-5-30(34(39)35-27-12-8-6-9-13-27)36(23-26-18-16-25(2)17-19-26)33(38)24-37(28-14-10-7-11-15-28)44(40,41)29-20-21-31(42-3)32(22-29)43-4/h7,10-11,14-22,27,30H,5-6,8-9,12-13,23-24H2,1-4H3,(H,35,39)/t30-/m1/s1. The zero-order valence-electron chi connectivity index (χ0n) is 26.0. The van der Waals surface area contributed by atoms with E-state index in [9.17, 15) is 18.0 Å². The molecule has 1 aliphatic carbocycles. The first kappa shape index (κ1) is 32.9. The number of hydrogen-bond donors (Lipinski definition) is 1. The van der Waals surface area contributed by atoms with E-state index in [0.29, 0.717) is 17.9 Å². The van der Waals surface area contributed by atoms with Crippen LogP contribution in [0.15, 0.2) is 77.7 Å². The van der Waals surface area contributed by atoms with Crippen molar-refractivity contribution >= 4 is 27.5 Å². The van der Waals surface area contributed by atoms with Gasteiger partial charge in [-0.15, -0.1) is 0 Å². The van der Waals surface area contributed by atoms with Gasteiger partial charge in [0.2, 0.25) is 11.8 Å². The molecule has 0 aromatic heterocycles. The summed E-state index contributed by atoms with van der Waals surface area (Å²) in [5.41, 5.74) is 2.25. The molecule has 44 heavy (non-hydrogen) atoms. The van der Waals surface area contributed by atoms with E-state index >= 15 is 0 Å². The molecule has 4 rings (SSSR count). The van der Waals surface area contributed by atoms with Gasteiger partial charge in [-0.05, 0) is 56.0 Å². The van der Waals surface area contributed by atoms with Crippen molar-refractivity contribution in [3.8, 4) is 11.5 Å². The van der Waals surface area contributed by atoms with Crippen molar-refractivity contribution in [2.24, 2.45) is 0 Å². The Morgan fingerprint density at radius 1 is 0.909 bits per heavy atom. The van der Waals surface area contributed by atoms with Crippen LogP contribution in [-0.2, 0) is 26.2 Å². The predicted octanol–water partition coefficient (Wildman–Crippen LogP) is 5.46. The fraction of sp³-hybridized carbons (Fsp3) is 0.412. The van der Waals surface area contributed by atoms with E-state index in [4.69, 9.17) is 9.47 Å². The zero-order chi connectivity index (χ0) is 31.7. The van der Waals surface area contributed by atoms with Crippen LogP contribution in [0.1, 0.15) is 56.6 Å². The minimum absolute atomic E-state index is 0.0565. The zero-order valence-corrected chi connectivity index (χ0v) is 26.8. The van der Waals surface area contributed by atoms with Gasteiger partial charge >= 0.3 is 0 Å². The van der Waals surface area contributed by atoms with Gasteiger partial charge in [0.15, 0.2) is 11.5 Å². The number of nitrogens with zero attached hydrogens (tertiary/aromatic N) is 2. The molecule has 1 aliphatic rings. The van der Waals surface area contributed by atoms with Gasteiger partial charge in [-0.25, -0.2) is 8.42 Å². The molecule has 0 heterocycles. The maximum atomic E-state index is 14.3. The van der Waals surface area contributed by atoms with Gasteiger partial charge in [0.25, 0.3) is 10.0 Å². The van der Waals surface area contributed by atoms with Crippen LogP contribution in [0.4, 0.5) is 5.69 Å². The molecule has 0 spiro atoms. The second-order valence-electron chi connectivity index (χ2n) is 11.1. The highest BCUT2D eigenvalue weighted by Crippen LogP contribution is 2.32. The molecule has 3 aromatic carbocycles. The largest absolute Gasteiger partial charge is 0.493 e. The van der Waals surface area contributed by atoms with Crippen molar-refractivity contribution in [3.05, 3.63) is 83.9 Å². The lowest BCUT2D eigenvalue weighted by molar-refractivity contribution is -0.140. The molecule has 1 N–H and O–H groups in total. The van der Waals surface area contributed by atoms with Crippen LogP contribution in [0, 0.1) is 6.92 Å². The fourth-order valence-corrected chi connectivity index (χ4v) is 7.01. The first-order valence-electron chi connectivity index (χ1n) is 15.1. The van der Waals surface area contributed by atoms with Crippen LogP contribution >= 0.6 is 0 Å². The highest BCUT2D eigenvalue weighted by molar-refractivity contribution is 7.92. The number of aryl methyl sites for hydroxylation is 1. The topological polar surface area (TPSA) is 105 Å². The highest BCUT2D eigenvalue weighted by atomic mass is 32.2. The smallest absolute Gasteiger partial charge is 0.264 e. The Kier molecular flexibility index (Phi) is 11.3. The maximum absolute atomic E-state index is 14.3. The third kappa shape index (κ3) is 7.91. The molecule has 1 atom stereocenters. The van der Waals surface area contributed by atoms with Gasteiger partial charge in [-0.3, -0.25) is 13.9 Å². The van der Waals surface area contributed by atoms with Gasteiger partial charge in [0, 0.05) is 18.7 Å². The number of methoxy groups -OCH3 is 2. The first-order valence-corrected chi connectivity index (χ1v) is 16.6. The Morgan fingerprint density at radius 2 is 1.57 bits per heavy atom. The summed E-state index contributed by atoms with van der Waals surface area (Å²) >= 11 is 0. The number of carbonyl (C=O) groups excluding carboxylic acids is 2. The summed E-state index contributed by atoms with van der Waals surface area (Å²) in [5, 5.41) is 3.17. The second kappa shape index (κ2) is 15.1. The molecule has 10 heteroatoms. The van der Waals surface area contributed by atoms with E-state index in [0.717, 1.165) is 47.5 Å². The average Bonchev–Trinajstić information content (AvgIpc) is 3.04. The Balaban J connectivity index is 1.71. The maximum Gasteiger partial charge on any atom is 0.264 e. The van der Waals surface area contributed by atoms with Crippen LogP contribution in [0.25, 0.3) is 0 Å². The predicted molar refractivity (Wildman–Crippen MR) is 171 cm³/mol. The number of para-hydroxylation sites is 1. The third-order valence-corrected chi connectivity index (χ3v) is 9.85. The molecule has 1 fully saturated rings. The van der Waals surface area contributed by atoms with Gasteiger partial charge < -0.3 is 19.7 Å². The summed E-state index contributed by atoms with van der Waals surface area (Å²) in [4.78, 5) is 29.4. The van der Waals surface area contributed by atoms with Crippen LogP contribution in [0.5, 0.6) is 11.5 Å². The first-order chi connectivity index (χ1) is 21.2. The molecule has 0 saturated heterocycles.